The predicted molar refractivity (Wildman–Crippen MR) is 90.8 cm³/mol. The second kappa shape index (κ2) is 6.88. The zero-order valence-corrected chi connectivity index (χ0v) is 13.4. The van der Waals surface area contributed by atoms with Gasteiger partial charge in [-0.1, -0.05) is 35.9 Å². The van der Waals surface area contributed by atoms with E-state index in [0.717, 1.165) is 5.69 Å². The van der Waals surface area contributed by atoms with Gasteiger partial charge in [0.25, 0.3) is 0 Å². The number of urea groups is 1. The minimum atomic E-state index is -0.710. The molecule has 1 heterocycles. The van der Waals surface area contributed by atoms with E-state index in [4.69, 9.17) is 11.6 Å². The van der Waals surface area contributed by atoms with Gasteiger partial charge in [-0.3, -0.25) is 4.79 Å². The lowest BCUT2D eigenvalue weighted by atomic mass is 10.2. The Hall–Kier alpha value is -2.60. The smallest absolute Gasteiger partial charge is 0.319 e. The third-order valence-corrected chi connectivity index (χ3v) is 4.07. The highest BCUT2D eigenvalue weighted by molar-refractivity contribution is 6.31. The molecule has 0 unspecified atom stereocenters. The number of carbonyl (C=O) groups is 2. The number of halogens is 2. The highest BCUT2D eigenvalue weighted by atomic mass is 35.5. The highest BCUT2D eigenvalue weighted by Crippen LogP contribution is 2.23. The molecular weight excluding hydrogens is 333 g/mol. The molecule has 0 bridgehead atoms. The summed E-state index contributed by atoms with van der Waals surface area (Å²) in [6, 6.07) is 12.2. The SMILES string of the molecule is O=C(Nc1cccc(Cl)c1F)N[C@H]1CCN(c2ccccc2)C1=O. The first-order chi connectivity index (χ1) is 11.6. The Morgan fingerprint density at radius 2 is 1.92 bits per heavy atom. The topological polar surface area (TPSA) is 61.4 Å². The zero-order chi connectivity index (χ0) is 17.1. The summed E-state index contributed by atoms with van der Waals surface area (Å²) >= 11 is 5.67. The number of nitrogens with one attached hydrogen (secondary N) is 2. The van der Waals surface area contributed by atoms with Gasteiger partial charge in [0.05, 0.1) is 10.7 Å². The molecule has 2 aromatic carbocycles. The molecule has 7 heteroatoms. The maximum Gasteiger partial charge on any atom is 0.319 e. The van der Waals surface area contributed by atoms with Gasteiger partial charge < -0.3 is 15.5 Å². The molecular formula is C17H15ClFN3O2. The van der Waals surface area contributed by atoms with E-state index in [2.05, 4.69) is 10.6 Å². The standard InChI is InChI=1S/C17H15ClFN3O2/c18-12-7-4-8-13(15(12)19)20-17(24)21-14-9-10-22(16(14)23)11-5-2-1-3-6-11/h1-8,14H,9-10H2,(H2,20,21,24)/t14-/m0/s1. The van der Waals surface area contributed by atoms with Gasteiger partial charge in [-0.2, -0.15) is 0 Å². The van der Waals surface area contributed by atoms with Gasteiger partial charge in [-0.15, -0.1) is 0 Å². The van der Waals surface area contributed by atoms with Crippen LogP contribution in [0, 0.1) is 5.82 Å². The number of hydrogen-bond acceptors (Lipinski definition) is 2. The lowest BCUT2D eigenvalue weighted by Gasteiger charge is -2.17. The molecule has 0 radical (unpaired) electrons. The van der Waals surface area contributed by atoms with Crippen LogP contribution in [0.1, 0.15) is 6.42 Å². The summed E-state index contributed by atoms with van der Waals surface area (Å²) in [4.78, 5) is 26.0. The summed E-state index contributed by atoms with van der Waals surface area (Å²) in [5, 5.41) is 4.86. The van der Waals surface area contributed by atoms with E-state index in [-0.39, 0.29) is 16.6 Å². The molecule has 3 amide bonds. The molecule has 124 valence electrons. The summed E-state index contributed by atoms with van der Waals surface area (Å²) in [6.07, 6.45) is 0.485. The fraction of sp³-hybridized carbons (Fsp3) is 0.176. The van der Waals surface area contributed by atoms with Gasteiger partial charge in [0.1, 0.15) is 6.04 Å². The number of amides is 3. The van der Waals surface area contributed by atoms with E-state index in [9.17, 15) is 14.0 Å². The van der Waals surface area contributed by atoms with E-state index >= 15 is 0 Å². The molecule has 0 saturated carbocycles. The summed E-state index contributed by atoms with van der Waals surface area (Å²) in [5.41, 5.74) is 0.749. The largest absolute Gasteiger partial charge is 0.326 e. The number of anilines is 2. The number of hydrogen-bond donors (Lipinski definition) is 2. The van der Waals surface area contributed by atoms with Gasteiger partial charge >= 0.3 is 6.03 Å². The van der Waals surface area contributed by atoms with Gasteiger partial charge in [-0.25, -0.2) is 9.18 Å². The first-order valence-electron chi connectivity index (χ1n) is 7.44. The second-order valence-corrected chi connectivity index (χ2v) is 5.77. The zero-order valence-electron chi connectivity index (χ0n) is 12.6. The Morgan fingerprint density at radius 1 is 1.17 bits per heavy atom. The molecule has 0 aliphatic carbocycles. The number of carbonyl (C=O) groups excluding carboxylic acids is 2. The van der Waals surface area contributed by atoms with Crippen molar-refractivity contribution in [2.75, 3.05) is 16.8 Å². The van der Waals surface area contributed by atoms with Crippen molar-refractivity contribution in [2.45, 2.75) is 12.5 Å². The normalized spacial score (nSPS) is 17.0. The molecule has 24 heavy (non-hydrogen) atoms. The van der Waals surface area contributed by atoms with Crippen LogP contribution in [0.15, 0.2) is 48.5 Å². The Labute approximate surface area is 143 Å². The third kappa shape index (κ3) is 3.33. The van der Waals surface area contributed by atoms with E-state index < -0.39 is 17.9 Å². The van der Waals surface area contributed by atoms with Gasteiger partial charge in [0.15, 0.2) is 5.82 Å². The summed E-state index contributed by atoms with van der Waals surface area (Å²) in [6.45, 7) is 0.513. The van der Waals surface area contributed by atoms with Crippen LogP contribution in [0.5, 0.6) is 0 Å². The molecule has 1 atom stereocenters. The van der Waals surface area contributed by atoms with E-state index in [1.54, 1.807) is 4.90 Å². The maximum absolute atomic E-state index is 13.8. The summed E-state index contributed by atoms with van der Waals surface area (Å²) in [7, 11) is 0. The fourth-order valence-corrected chi connectivity index (χ4v) is 2.77. The van der Waals surface area contributed by atoms with Crippen molar-refractivity contribution in [2.24, 2.45) is 0 Å². The average Bonchev–Trinajstić information content (AvgIpc) is 2.93. The van der Waals surface area contributed by atoms with Crippen molar-refractivity contribution in [1.29, 1.82) is 0 Å². The van der Waals surface area contributed by atoms with Gasteiger partial charge in [0.2, 0.25) is 5.91 Å². The summed E-state index contributed by atoms with van der Waals surface area (Å²) < 4.78 is 13.8. The van der Waals surface area contributed by atoms with Crippen molar-refractivity contribution in [3.63, 3.8) is 0 Å². The Kier molecular flexibility index (Phi) is 4.66. The predicted octanol–water partition coefficient (Wildman–Crippen LogP) is 3.41. The Balaban J connectivity index is 1.63. The average molecular weight is 348 g/mol. The van der Waals surface area contributed by atoms with Crippen LogP contribution in [0.2, 0.25) is 5.02 Å². The van der Waals surface area contributed by atoms with Crippen LogP contribution < -0.4 is 15.5 Å². The molecule has 2 aromatic rings. The number of nitrogens with zero attached hydrogens (tertiary/aromatic N) is 1. The van der Waals surface area contributed by atoms with Crippen LogP contribution in [0.25, 0.3) is 0 Å². The monoisotopic (exact) mass is 347 g/mol. The minimum absolute atomic E-state index is 0.0367. The van der Waals surface area contributed by atoms with Crippen LogP contribution in [-0.2, 0) is 4.79 Å². The number of para-hydroxylation sites is 1. The first-order valence-corrected chi connectivity index (χ1v) is 7.82. The molecule has 2 N–H and O–H groups in total. The molecule has 0 spiro atoms. The van der Waals surface area contributed by atoms with E-state index in [1.165, 1.54) is 18.2 Å². The first kappa shape index (κ1) is 16.3. The minimum Gasteiger partial charge on any atom is -0.326 e. The molecule has 1 saturated heterocycles. The number of benzene rings is 2. The molecule has 3 rings (SSSR count). The fourth-order valence-electron chi connectivity index (χ4n) is 2.60. The Morgan fingerprint density at radius 3 is 2.67 bits per heavy atom. The lowest BCUT2D eigenvalue weighted by molar-refractivity contribution is -0.118. The molecule has 1 aliphatic heterocycles. The maximum atomic E-state index is 13.8. The van der Waals surface area contributed by atoms with Crippen LogP contribution in [0.3, 0.4) is 0 Å². The third-order valence-electron chi connectivity index (χ3n) is 3.78. The van der Waals surface area contributed by atoms with Crippen molar-refractivity contribution < 1.29 is 14.0 Å². The Bertz CT molecular complexity index is 770. The highest BCUT2D eigenvalue weighted by Gasteiger charge is 2.33. The molecule has 0 aromatic heterocycles. The molecule has 1 aliphatic rings. The summed E-state index contributed by atoms with van der Waals surface area (Å²) in [5.74, 6) is -0.902. The number of rotatable bonds is 3. The van der Waals surface area contributed by atoms with E-state index in [1.807, 2.05) is 30.3 Å². The van der Waals surface area contributed by atoms with Crippen LogP contribution >= 0.6 is 11.6 Å². The van der Waals surface area contributed by atoms with Gasteiger partial charge in [0, 0.05) is 12.2 Å². The van der Waals surface area contributed by atoms with E-state index in [0.29, 0.717) is 13.0 Å². The molecule has 1 fully saturated rings. The van der Waals surface area contributed by atoms with Gasteiger partial charge in [-0.05, 0) is 30.7 Å². The van der Waals surface area contributed by atoms with Crippen LogP contribution in [-0.4, -0.2) is 24.5 Å². The lowest BCUT2D eigenvalue weighted by Crippen LogP contribution is -2.43. The molecule has 5 nitrogen and oxygen atoms in total. The van der Waals surface area contributed by atoms with Crippen LogP contribution in [0.4, 0.5) is 20.6 Å². The van der Waals surface area contributed by atoms with Crippen molar-refractivity contribution in [3.05, 3.63) is 59.4 Å². The quantitative estimate of drug-likeness (QED) is 0.893. The van der Waals surface area contributed by atoms with Crippen molar-refractivity contribution >= 4 is 34.9 Å². The van der Waals surface area contributed by atoms with Crippen molar-refractivity contribution in [3.8, 4) is 0 Å². The van der Waals surface area contributed by atoms with Crippen molar-refractivity contribution in [1.82, 2.24) is 5.32 Å². The second-order valence-electron chi connectivity index (χ2n) is 5.37.